The lowest BCUT2D eigenvalue weighted by Gasteiger charge is -2.38. The molecule has 1 aliphatic rings. The average Bonchev–Trinajstić information content (AvgIpc) is 3.09. The number of nitrogens with zero attached hydrogens (tertiary/aromatic N) is 4. The Bertz CT molecular complexity index is 704. The summed E-state index contributed by atoms with van der Waals surface area (Å²) < 4.78 is 0. The zero-order valence-corrected chi connectivity index (χ0v) is 15.3. The summed E-state index contributed by atoms with van der Waals surface area (Å²) in [4.78, 5) is 28.6. The molecule has 25 heavy (non-hydrogen) atoms. The van der Waals surface area contributed by atoms with Crippen LogP contribution in [0.1, 0.15) is 38.3 Å². The molecular formula is C18H26N6O. The Labute approximate surface area is 148 Å². The largest absolute Gasteiger partial charge is 0.347 e. The molecule has 2 aromatic heterocycles. The van der Waals surface area contributed by atoms with Gasteiger partial charge in [-0.15, -0.1) is 0 Å². The van der Waals surface area contributed by atoms with Crippen LogP contribution < -0.4 is 5.32 Å². The molecule has 0 aliphatic carbocycles. The zero-order valence-electron chi connectivity index (χ0n) is 15.3. The lowest BCUT2D eigenvalue weighted by Crippen LogP contribution is -2.50. The van der Waals surface area contributed by atoms with Gasteiger partial charge < -0.3 is 15.2 Å². The molecule has 0 bridgehead atoms. The third kappa shape index (κ3) is 3.99. The van der Waals surface area contributed by atoms with Crippen LogP contribution >= 0.6 is 0 Å². The minimum Gasteiger partial charge on any atom is -0.347 e. The summed E-state index contributed by atoms with van der Waals surface area (Å²) in [5, 5.41) is 2.95. The van der Waals surface area contributed by atoms with Crippen molar-refractivity contribution >= 4 is 11.7 Å². The van der Waals surface area contributed by atoms with Crippen LogP contribution in [0.5, 0.6) is 0 Å². The van der Waals surface area contributed by atoms with E-state index in [-0.39, 0.29) is 17.5 Å². The van der Waals surface area contributed by atoms with E-state index in [1.165, 1.54) is 0 Å². The van der Waals surface area contributed by atoms with Crippen molar-refractivity contribution in [3.05, 3.63) is 42.2 Å². The molecule has 1 fully saturated rings. The minimum atomic E-state index is -0.102. The summed E-state index contributed by atoms with van der Waals surface area (Å²) in [6.45, 7) is 8.45. The molecule has 1 saturated heterocycles. The highest BCUT2D eigenvalue weighted by atomic mass is 16.2. The maximum atomic E-state index is 12.6. The van der Waals surface area contributed by atoms with Crippen molar-refractivity contribution in [2.75, 3.05) is 32.0 Å². The molecule has 3 heterocycles. The van der Waals surface area contributed by atoms with E-state index in [2.05, 4.69) is 53.0 Å². The first-order valence-corrected chi connectivity index (χ1v) is 8.56. The number of amides is 2. The number of anilines is 1. The number of pyridine rings is 1. The van der Waals surface area contributed by atoms with E-state index in [4.69, 9.17) is 0 Å². The number of aromatic nitrogens is 3. The van der Waals surface area contributed by atoms with E-state index in [9.17, 15) is 4.79 Å². The van der Waals surface area contributed by atoms with Crippen molar-refractivity contribution in [1.29, 1.82) is 0 Å². The van der Waals surface area contributed by atoms with Gasteiger partial charge >= 0.3 is 6.03 Å². The second kappa shape index (κ2) is 6.84. The fourth-order valence-corrected chi connectivity index (χ4v) is 2.93. The van der Waals surface area contributed by atoms with Crippen molar-refractivity contribution < 1.29 is 4.79 Å². The SMILES string of the molecule is CN1CCN(C(=O)Nc2ccc(C(C)(C)C)nc2)CC1c1ncc[nH]1. The van der Waals surface area contributed by atoms with Crippen molar-refractivity contribution in [2.45, 2.75) is 32.2 Å². The fourth-order valence-electron chi connectivity index (χ4n) is 2.93. The Hall–Kier alpha value is -2.41. The van der Waals surface area contributed by atoms with Gasteiger partial charge in [0.1, 0.15) is 5.82 Å². The highest BCUT2D eigenvalue weighted by Gasteiger charge is 2.30. The first-order chi connectivity index (χ1) is 11.8. The smallest absolute Gasteiger partial charge is 0.321 e. The molecule has 0 spiro atoms. The number of rotatable bonds is 2. The van der Waals surface area contributed by atoms with Gasteiger partial charge in [0, 0.05) is 43.1 Å². The average molecular weight is 342 g/mol. The Balaban J connectivity index is 1.65. The Kier molecular flexibility index (Phi) is 4.76. The highest BCUT2D eigenvalue weighted by Crippen LogP contribution is 2.23. The zero-order chi connectivity index (χ0) is 18.0. The number of hydrogen-bond donors (Lipinski definition) is 2. The monoisotopic (exact) mass is 342 g/mol. The molecule has 0 radical (unpaired) electrons. The molecule has 7 heteroatoms. The molecule has 0 aromatic carbocycles. The van der Waals surface area contributed by atoms with Gasteiger partial charge in [-0.05, 0) is 19.2 Å². The van der Waals surface area contributed by atoms with Crippen molar-refractivity contribution in [2.24, 2.45) is 0 Å². The quantitative estimate of drug-likeness (QED) is 0.879. The van der Waals surface area contributed by atoms with E-state index >= 15 is 0 Å². The molecular weight excluding hydrogens is 316 g/mol. The molecule has 7 nitrogen and oxygen atoms in total. The number of aromatic amines is 1. The molecule has 1 unspecified atom stereocenters. The van der Waals surface area contributed by atoms with Crippen molar-refractivity contribution in [1.82, 2.24) is 24.8 Å². The first kappa shape index (κ1) is 17.4. The maximum Gasteiger partial charge on any atom is 0.321 e. The van der Waals surface area contributed by atoms with Gasteiger partial charge in [-0.3, -0.25) is 9.88 Å². The number of piperazine rings is 1. The first-order valence-electron chi connectivity index (χ1n) is 8.56. The molecule has 1 atom stereocenters. The Morgan fingerprint density at radius 2 is 2.08 bits per heavy atom. The Morgan fingerprint density at radius 1 is 1.28 bits per heavy atom. The molecule has 2 amide bonds. The summed E-state index contributed by atoms with van der Waals surface area (Å²) >= 11 is 0. The summed E-state index contributed by atoms with van der Waals surface area (Å²) in [6, 6.07) is 3.85. The number of nitrogens with one attached hydrogen (secondary N) is 2. The van der Waals surface area contributed by atoms with Gasteiger partial charge in [-0.1, -0.05) is 20.8 Å². The van der Waals surface area contributed by atoms with Gasteiger partial charge in [0.25, 0.3) is 0 Å². The topological polar surface area (TPSA) is 77.2 Å². The second-order valence-electron chi connectivity index (χ2n) is 7.53. The van der Waals surface area contributed by atoms with Crippen LogP contribution in [0.15, 0.2) is 30.7 Å². The van der Waals surface area contributed by atoms with Gasteiger partial charge in [0.2, 0.25) is 0 Å². The third-order valence-electron chi connectivity index (χ3n) is 4.55. The number of hydrogen-bond acceptors (Lipinski definition) is 4. The number of carbonyl (C=O) groups is 1. The van der Waals surface area contributed by atoms with Crippen LogP contribution in [0.2, 0.25) is 0 Å². The predicted molar refractivity (Wildman–Crippen MR) is 97.5 cm³/mol. The van der Waals surface area contributed by atoms with Crippen LogP contribution in [0, 0.1) is 0 Å². The van der Waals surface area contributed by atoms with Gasteiger partial charge in [-0.2, -0.15) is 0 Å². The van der Waals surface area contributed by atoms with Crippen LogP contribution in [-0.2, 0) is 5.41 Å². The summed E-state index contributed by atoms with van der Waals surface area (Å²) in [6.07, 6.45) is 5.27. The van der Waals surface area contributed by atoms with Crippen LogP contribution in [0.4, 0.5) is 10.5 Å². The molecule has 2 aromatic rings. The number of urea groups is 1. The van der Waals surface area contributed by atoms with E-state index in [1.807, 2.05) is 23.2 Å². The fraction of sp³-hybridized carbons (Fsp3) is 0.500. The number of carbonyl (C=O) groups excluding carboxylic acids is 1. The normalized spacial score (nSPS) is 19.0. The lowest BCUT2D eigenvalue weighted by atomic mass is 9.92. The lowest BCUT2D eigenvalue weighted by molar-refractivity contribution is 0.112. The van der Waals surface area contributed by atoms with E-state index in [0.29, 0.717) is 18.8 Å². The summed E-state index contributed by atoms with van der Waals surface area (Å²) in [5.74, 6) is 0.885. The summed E-state index contributed by atoms with van der Waals surface area (Å²) in [7, 11) is 2.05. The van der Waals surface area contributed by atoms with Gasteiger partial charge in [0.15, 0.2) is 0 Å². The van der Waals surface area contributed by atoms with E-state index < -0.39 is 0 Å². The van der Waals surface area contributed by atoms with Gasteiger partial charge in [-0.25, -0.2) is 9.78 Å². The van der Waals surface area contributed by atoms with E-state index in [0.717, 1.165) is 18.1 Å². The Morgan fingerprint density at radius 3 is 2.68 bits per heavy atom. The van der Waals surface area contributed by atoms with Crippen molar-refractivity contribution in [3.8, 4) is 0 Å². The molecule has 1 aliphatic heterocycles. The van der Waals surface area contributed by atoms with E-state index in [1.54, 1.807) is 12.4 Å². The maximum absolute atomic E-state index is 12.6. The number of H-pyrrole nitrogens is 1. The van der Waals surface area contributed by atoms with Crippen LogP contribution in [-0.4, -0.2) is 57.5 Å². The van der Waals surface area contributed by atoms with Crippen molar-refractivity contribution in [3.63, 3.8) is 0 Å². The second-order valence-corrected chi connectivity index (χ2v) is 7.53. The predicted octanol–water partition coefficient (Wildman–Crippen LogP) is 2.62. The number of imidazole rings is 1. The van der Waals surface area contributed by atoms with Gasteiger partial charge in [0.05, 0.1) is 17.9 Å². The molecule has 3 rings (SSSR count). The third-order valence-corrected chi connectivity index (χ3v) is 4.55. The van der Waals surface area contributed by atoms with Crippen LogP contribution in [0.3, 0.4) is 0 Å². The minimum absolute atomic E-state index is 0.00371. The standard InChI is InChI=1S/C18H26N6O/c1-18(2,3)15-6-5-13(11-21-15)22-17(25)24-10-9-23(4)14(12-24)16-19-7-8-20-16/h5-8,11,14H,9-10,12H2,1-4H3,(H,19,20)(H,22,25). The number of likely N-dealkylation sites (N-methyl/N-ethyl adjacent to an activating group) is 1. The molecule has 134 valence electrons. The summed E-state index contributed by atoms with van der Waals surface area (Å²) in [5.41, 5.74) is 1.71. The molecule has 2 N–H and O–H groups in total. The van der Waals surface area contributed by atoms with Crippen LogP contribution in [0.25, 0.3) is 0 Å². The molecule has 0 saturated carbocycles. The highest BCUT2D eigenvalue weighted by molar-refractivity contribution is 5.89.